The zero-order valence-corrected chi connectivity index (χ0v) is 16.6. The summed E-state index contributed by atoms with van der Waals surface area (Å²) >= 11 is 0. The molecule has 2 aromatic carbocycles. The Morgan fingerprint density at radius 3 is 2.33 bits per heavy atom. The molecule has 2 heterocycles. The summed E-state index contributed by atoms with van der Waals surface area (Å²) in [5.41, 5.74) is 3.16. The second kappa shape index (κ2) is 8.16. The number of hydrogen-bond acceptors (Lipinski definition) is 5. The van der Waals surface area contributed by atoms with E-state index in [0.29, 0.717) is 33.7 Å². The molecule has 0 unspecified atom stereocenters. The molecule has 30 heavy (non-hydrogen) atoms. The van der Waals surface area contributed by atoms with Gasteiger partial charge in [-0.1, -0.05) is 44.2 Å². The van der Waals surface area contributed by atoms with Crippen LogP contribution in [0.25, 0.3) is 11.0 Å². The van der Waals surface area contributed by atoms with Crippen LogP contribution in [-0.2, 0) is 4.79 Å². The van der Waals surface area contributed by atoms with Crippen molar-refractivity contribution in [3.05, 3.63) is 78.2 Å². The number of nitrogens with zero attached hydrogens (tertiary/aromatic N) is 2. The molecule has 0 atom stereocenters. The lowest BCUT2D eigenvalue weighted by Crippen LogP contribution is -2.17. The van der Waals surface area contributed by atoms with Crippen LogP contribution in [0.15, 0.2) is 67.1 Å². The fourth-order valence-electron chi connectivity index (χ4n) is 3.04. The van der Waals surface area contributed by atoms with E-state index in [4.69, 9.17) is 0 Å². The van der Waals surface area contributed by atoms with Crippen LogP contribution >= 0.6 is 0 Å². The molecule has 150 valence electrons. The van der Waals surface area contributed by atoms with Crippen LogP contribution in [-0.4, -0.2) is 26.6 Å². The number of aromatic nitrogens is 3. The van der Waals surface area contributed by atoms with Crippen molar-refractivity contribution in [1.82, 2.24) is 15.0 Å². The summed E-state index contributed by atoms with van der Waals surface area (Å²) in [6.07, 6.45) is 3.10. The van der Waals surface area contributed by atoms with E-state index in [-0.39, 0.29) is 17.6 Å². The maximum Gasteiger partial charge on any atom is 0.226 e. The molecule has 0 fully saturated rings. The highest BCUT2D eigenvalue weighted by atomic mass is 16.1. The van der Waals surface area contributed by atoms with E-state index in [1.165, 1.54) is 6.33 Å². The minimum atomic E-state index is -0.105. The maximum absolute atomic E-state index is 13.0. The molecule has 0 aliphatic carbocycles. The summed E-state index contributed by atoms with van der Waals surface area (Å²) in [6, 6.07) is 16.4. The zero-order valence-electron chi connectivity index (χ0n) is 16.6. The van der Waals surface area contributed by atoms with Gasteiger partial charge in [-0.25, -0.2) is 9.97 Å². The van der Waals surface area contributed by atoms with Crippen LogP contribution in [0.2, 0.25) is 0 Å². The second-order valence-electron chi connectivity index (χ2n) is 7.19. The third-order valence-electron chi connectivity index (χ3n) is 4.69. The van der Waals surface area contributed by atoms with Gasteiger partial charge in [0.2, 0.25) is 5.91 Å². The number of nitrogens with one attached hydrogen (secondary N) is 3. The SMILES string of the molecule is CC(C)C(=O)Nc1ccc(Nc2ncnc3[nH]cc(C(=O)c4ccccc4)c23)cc1. The molecule has 0 radical (unpaired) electrons. The molecule has 4 rings (SSSR count). The van der Waals surface area contributed by atoms with Gasteiger partial charge in [-0.3, -0.25) is 9.59 Å². The molecule has 0 saturated carbocycles. The molecule has 2 aromatic heterocycles. The summed E-state index contributed by atoms with van der Waals surface area (Å²) in [4.78, 5) is 36.5. The molecule has 0 spiro atoms. The third-order valence-corrected chi connectivity index (χ3v) is 4.69. The number of amides is 1. The fraction of sp³-hybridized carbons (Fsp3) is 0.130. The van der Waals surface area contributed by atoms with Crippen molar-refractivity contribution < 1.29 is 9.59 Å². The summed E-state index contributed by atoms with van der Waals surface area (Å²) in [5, 5.41) is 6.73. The maximum atomic E-state index is 13.0. The number of benzene rings is 2. The Labute approximate surface area is 173 Å². The number of aromatic amines is 1. The molecule has 0 aliphatic heterocycles. The van der Waals surface area contributed by atoms with E-state index in [9.17, 15) is 9.59 Å². The van der Waals surface area contributed by atoms with E-state index in [2.05, 4.69) is 25.6 Å². The first-order valence-electron chi connectivity index (χ1n) is 9.62. The number of carbonyl (C=O) groups is 2. The van der Waals surface area contributed by atoms with Gasteiger partial charge in [0.15, 0.2) is 5.78 Å². The topological polar surface area (TPSA) is 99.8 Å². The van der Waals surface area contributed by atoms with Gasteiger partial charge in [-0.2, -0.15) is 0 Å². The predicted molar refractivity (Wildman–Crippen MR) is 117 cm³/mol. The smallest absolute Gasteiger partial charge is 0.226 e. The van der Waals surface area contributed by atoms with Gasteiger partial charge in [0.1, 0.15) is 17.8 Å². The molecule has 1 amide bonds. The minimum absolute atomic E-state index is 0.0374. The Kier molecular flexibility index (Phi) is 5.26. The number of carbonyl (C=O) groups excluding carboxylic acids is 2. The second-order valence-corrected chi connectivity index (χ2v) is 7.19. The van der Waals surface area contributed by atoms with Crippen molar-refractivity contribution in [2.24, 2.45) is 5.92 Å². The van der Waals surface area contributed by atoms with E-state index in [1.54, 1.807) is 18.3 Å². The number of H-pyrrole nitrogens is 1. The molecule has 0 aliphatic rings. The van der Waals surface area contributed by atoms with Crippen LogP contribution in [0, 0.1) is 5.92 Å². The predicted octanol–water partition coefficient (Wildman–Crippen LogP) is 4.53. The van der Waals surface area contributed by atoms with Crippen LogP contribution in [0.5, 0.6) is 0 Å². The van der Waals surface area contributed by atoms with Crippen molar-refractivity contribution in [2.75, 3.05) is 10.6 Å². The van der Waals surface area contributed by atoms with Gasteiger partial charge in [0.05, 0.1) is 10.9 Å². The number of anilines is 3. The summed E-state index contributed by atoms with van der Waals surface area (Å²) in [5.74, 6) is 0.293. The van der Waals surface area contributed by atoms with Gasteiger partial charge in [-0.15, -0.1) is 0 Å². The van der Waals surface area contributed by atoms with Gasteiger partial charge in [-0.05, 0) is 24.3 Å². The first-order chi connectivity index (χ1) is 14.5. The molecule has 0 saturated heterocycles. The number of ketones is 1. The average molecular weight is 399 g/mol. The summed E-state index contributed by atoms with van der Waals surface area (Å²) < 4.78 is 0. The Morgan fingerprint density at radius 1 is 0.933 bits per heavy atom. The monoisotopic (exact) mass is 399 g/mol. The van der Waals surface area contributed by atoms with E-state index in [0.717, 1.165) is 5.69 Å². The van der Waals surface area contributed by atoms with E-state index >= 15 is 0 Å². The molecule has 7 heteroatoms. The van der Waals surface area contributed by atoms with E-state index in [1.807, 2.05) is 56.3 Å². The van der Waals surface area contributed by atoms with Crippen molar-refractivity contribution >= 4 is 39.9 Å². The lowest BCUT2D eigenvalue weighted by molar-refractivity contribution is -0.118. The van der Waals surface area contributed by atoms with Gasteiger partial charge < -0.3 is 15.6 Å². The lowest BCUT2D eigenvalue weighted by Gasteiger charge is -2.10. The molecule has 0 bridgehead atoms. The fourth-order valence-corrected chi connectivity index (χ4v) is 3.04. The minimum Gasteiger partial charge on any atom is -0.345 e. The third kappa shape index (κ3) is 3.91. The lowest BCUT2D eigenvalue weighted by atomic mass is 10.0. The van der Waals surface area contributed by atoms with Gasteiger partial charge in [0.25, 0.3) is 0 Å². The number of hydrogen-bond donors (Lipinski definition) is 3. The molecular formula is C23H21N5O2. The summed E-state index contributed by atoms with van der Waals surface area (Å²) in [6.45, 7) is 3.69. The number of fused-ring (bicyclic) bond motifs is 1. The molecule has 4 aromatic rings. The first-order valence-corrected chi connectivity index (χ1v) is 9.62. The normalized spacial score (nSPS) is 10.9. The van der Waals surface area contributed by atoms with Crippen LogP contribution in [0.3, 0.4) is 0 Å². The molecular weight excluding hydrogens is 378 g/mol. The van der Waals surface area contributed by atoms with Gasteiger partial charge >= 0.3 is 0 Å². The van der Waals surface area contributed by atoms with E-state index < -0.39 is 0 Å². The average Bonchev–Trinajstić information content (AvgIpc) is 3.20. The highest BCUT2D eigenvalue weighted by Crippen LogP contribution is 2.28. The first kappa shape index (κ1) is 19.3. The van der Waals surface area contributed by atoms with Crippen molar-refractivity contribution in [1.29, 1.82) is 0 Å². The zero-order chi connectivity index (χ0) is 21.1. The Balaban J connectivity index is 1.63. The standard InChI is InChI=1S/C23H21N5O2/c1-14(2)23(30)28-17-10-8-16(9-11-17)27-22-19-18(12-24-21(19)25-13-26-22)20(29)15-6-4-3-5-7-15/h3-14H,1-2H3,(H,28,30)(H2,24,25,26,27). The van der Waals surface area contributed by atoms with Gasteiger partial charge in [0, 0.05) is 29.1 Å². The largest absolute Gasteiger partial charge is 0.345 e. The van der Waals surface area contributed by atoms with Crippen molar-refractivity contribution in [3.63, 3.8) is 0 Å². The quantitative estimate of drug-likeness (QED) is 0.414. The Morgan fingerprint density at radius 2 is 1.63 bits per heavy atom. The molecule has 7 nitrogen and oxygen atoms in total. The highest BCUT2D eigenvalue weighted by molar-refractivity contribution is 6.18. The van der Waals surface area contributed by atoms with Crippen LogP contribution in [0.4, 0.5) is 17.2 Å². The number of rotatable bonds is 6. The van der Waals surface area contributed by atoms with Crippen LogP contribution in [0.1, 0.15) is 29.8 Å². The van der Waals surface area contributed by atoms with Crippen molar-refractivity contribution in [2.45, 2.75) is 13.8 Å². The van der Waals surface area contributed by atoms with Crippen molar-refractivity contribution in [3.8, 4) is 0 Å². The van der Waals surface area contributed by atoms with Crippen LogP contribution < -0.4 is 10.6 Å². The molecule has 3 N–H and O–H groups in total. The Hall–Kier alpha value is -4.00. The highest BCUT2D eigenvalue weighted by Gasteiger charge is 2.18. The summed E-state index contributed by atoms with van der Waals surface area (Å²) in [7, 11) is 0. The Bertz CT molecular complexity index is 1200.